The molecule has 45 heavy (non-hydrogen) atoms. The van der Waals surface area contributed by atoms with Gasteiger partial charge in [-0.05, 0) is 31.4 Å². The third kappa shape index (κ3) is 23.1. The van der Waals surface area contributed by atoms with Crippen molar-refractivity contribution in [2.45, 2.75) is 194 Å². The van der Waals surface area contributed by atoms with Crippen molar-refractivity contribution in [3.63, 3.8) is 0 Å². The molecule has 0 saturated carbocycles. The van der Waals surface area contributed by atoms with Crippen LogP contribution in [0.4, 0.5) is 0 Å². The lowest BCUT2D eigenvalue weighted by atomic mass is 10.1. The fraction of sp³-hybridized carbons (Fsp3) is 0.825. The summed E-state index contributed by atoms with van der Waals surface area (Å²) in [4.78, 5) is 12.0. The maximum atomic E-state index is 12.0. The van der Waals surface area contributed by atoms with E-state index in [2.05, 4.69) is 20.8 Å². The summed E-state index contributed by atoms with van der Waals surface area (Å²) in [7, 11) is 0. The minimum absolute atomic E-state index is 0.189. The third-order valence-corrected chi connectivity index (χ3v) is 8.77. The Morgan fingerprint density at radius 3 is 1.00 bits per heavy atom. The minimum Gasteiger partial charge on any atom is -0.490 e. The quantitative estimate of drug-likeness (QED) is 0.0766. The fourth-order valence-corrected chi connectivity index (χ4v) is 5.83. The van der Waals surface area contributed by atoms with Crippen LogP contribution in [0.3, 0.4) is 0 Å². The molecule has 0 saturated heterocycles. The second kappa shape index (κ2) is 30.7. The maximum Gasteiger partial charge on any atom is 0.335 e. The summed E-state index contributed by atoms with van der Waals surface area (Å²) >= 11 is 0. The van der Waals surface area contributed by atoms with Crippen molar-refractivity contribution in [3.8, 4) is 17.2 Å². The Morgan fingerprint density at radius 2 is 0.711 bits per heavy atom. The van der Waals surface area contributed by atoms with E-state index in [-0.39, 0.29) is 5.56 Å². The summed E-state index contributed by atoms with van der Waals surface area (Å²) in [6.07, 6.45) is 33.8. The summed E-state index contributed by atoms with van der Waals surface area (Å²) in [5.41, 5.74) is 0.189. The molecule has 1 aromatic carbocycles. The topological polar surface area (TPSA) is 65.0 Å². The second-order valence-electron chi connectivity index (χ2n) is 13.1. The zero-order valence-corrected chi connectivity index (χ0v) is 29.9. The molecule has 262 valence electrons. The molecule has 5 nitrogen and oxygen atoms in total. The van der Waals surface area contributed by atoms with Crippen molar-refractivity contribution in [2.24, 2.45) is 0 Å². The molecule has 0 unspecified atom stereocenters. The van der Waals surface area contributed by atoms with Gasteiger partial charge in [-0.2, -0.15) is 0 Å². The van der Waals surface area contributed by atoms with Gasteiger partial charge in [0.25, 0.3) is 0 Å². The van der Waals surface area contributed by atoms with Gasteiger partial charge in [-0.1, -0.05) is 175 Å². The van der Waals surface area contributed by atoms with Gasteiger partial charge in [0.1, 0.15) is 0 Å². The van der Waals surface area contributed by atoms with E-state index >= 15 is 0 Å². The molecule has 0 aromatic heterocycles. The van der Waals surface area contributed by atoms with Crippen molar-refractivity contribution < 1.29 is 24.1 Å². The minimum atomic E-state index is -0.971. The smallest absolute Gasteiger partial charge is 0.335 e. The highest BCUT2D eigenvalue weighted by atomic mass is 16.5. The van der Waals surface area contributed by atoms with Crippen LogP contribution in [0.1, 0.15) is 204 Å². The summed E-state index contributed by atoms with van der Waals surface area (Å²) in [6, 6.07) is 3.24. The van der Waals surface area contributed by atoms with E-state index < -0.39 is 5.97 Å². The average Bonchev–Trinajstić information content (AvgIpc) is 3.04. The molecule has 0 amide bonds. The molecular weight excluding hydrogens is 560 g/mol. The molecule has 0 spiro atoms. The first kappa shape index (κ1) is 41.1. The number of hydrogen-bond acceptors (Lipinski definition) is 4. The predicted molar refractivity (Wildman–Crippen MR) is 192 cm³/mol. The molecule has 1 rings (SSSR count). The number of aromatic carboxylic acids is 1. The Labute approximate surface area is 278 Å². The van der Waals surface area contributed by atoms with Crippen molar-refractivity contribution >= 4 is 5.97 Å². The van der Waals surface area contributed by atoms with E-state index in [0.29, 0.717) is 37.1 Å². The van der Waals surface area contributed by atoms with Gasteiger partial charge < -0.3 is 19.3 Å². The summed E-state index contributed by atoms with van der Waals surface area (Å²) in [5, 5.41) is 9.83. The van der Waals surface area contributed by atoms with Crippen LogP contribution in [-0.2, 0) is 0 Å². The van der Waals surface area contributed by atoms with E-state index in [4.69, 9.17) is 14.2 Å². The average molecular weight is 633 g/mol. The van der Waals surface area contributed by atoms with E-state index in [1.165, 1.54) is 135 Å². The second-order valence-corrected chi connectivity index (χ2v) is 13.1. The molecular formula is C40H72O5. The third-order valence-electron chi connectivity index (χ3n) is 8.77. The lowest BCUT2D eigenvalue weighted by Gasteiger charge is -2.18. The van der Waals surface area contributed by atoms with E-state index in [1.807, 2.05) is 0 Å². The SMILES string of the molecule is CCCCCCCCCCCOc1cc(C(=O)O)cc(OCCCCCCCCCCC)c1OCCCCCCCCCCC. The lowest BCUT2D eigenvalue weighted by Crippen LogP contribution is -2.08. The van der Waals surface area contributed by atoms with Crippen LogP contribution in [0.15, 0.2) is 12.1 Å². The van der Waals surface area contributed by atoms with E-state index in [9.17, 15) is 9.90 Å². The molecule has 1 N–H and O–H groups in total. The van der Waals surface area contributed by atoms with Crippen molar-refractivity contribution in [1.82, 2.24) is 0 Å². The van der Waals surface area contributed by atoms with Crippen LogP contribution in [-0.4, -0.2) is 30.9 Å². The molecule has 0 aliphatic heterocycles. The van der Waals surface area contributed by atoms with Crippen LogP contribution in [0.25, 0.3) is 0 Å². The number of unbranched alkanes of at least 4 members (excludes halogenated alkanes) is 24. The number of carboxylic acids is 1. The highest BCUT2D eigenvalue weighted by Gasteiger charge is 2.19. The first-order valence-electron chi connectivity index (χ1n) is 19.4. The van der Waals surface area contributed by atoms with Gasteiger partial charge in [0, 0.05) is 0 Å². The number of hydrogen-bond donors (Lipinski definition) is 1. The molecule has 1 aromatic rings. The van der Waals surface area contributed by atoms with Crippen molar-refractivity contribution in [3.05, 3.63) is 17.7 Å². The van der Waals surface area contributed by atoms with Gasteiger partial charge in [-0.25, -0.2) is 4.79 Å². The van der Waals surface area contributed by atoms with E-state index in [0.717, 1.165) is 38.5 Å². The van der Waals surface area contributed by atoms with Crippen LogP contribution < -0.4 is 14.2 Å². The zero-order valence-electron chi connectivity index (χ0n) is 29.9. The van der Waals surface area contributed by atoms with Crippen LogP contribution >= 0.6 is 0 Å². The van der Waals surface area contributed by atoms with Crippen LogP contribution in [0.5, 0.6) is 17.2 Å². The van der Waals surface area contributed by atoms with Crippen molar-refractivity contribution in [1.29, 1.82) is 0 Å². The Morgan fingerprint density at radius 1 is 0.444 bits per heavy atom. The molecule has 0 fully saturated rings. The van der Waals surface area contributed by atoms with E-state index in [1.54, 1.807) is 12.1 Å². The Kier molecular flexibility index (Phi) is 28.1. The Hall–Kier alpha value is -1.91. The molecule has 0 radical (unpaired) electrons. The largest absolute Gasteiger partial charge is 0.490 e. The monoisotopic (exact) mass is 633 g/mol. The van der Waals surface area contributed by atoms with Gasteiger partial charge in [0.05, 0.1) is 25.4 Å². The molecule has 0 heterocycles. The number of rotatable bonds is 34. The molecule has 0 aliphatic carbocycles. The molecule has 0 atom stereocenters. The number of benzene rings is 1. The zero-order chi connectivity index (χ0) is 32.6. The van der Waals surface area contributed by atoms with Crippen molar-refractivity contribution in [2.75, 3.05) is 19.8 Å². The first-order valence-corrected chi connectivity index (χ1v) is 19.4. The highest BCUT2D eigenvalue weighted by molar-refractivity contribution is 5.89. The Bertz CT molecular complexity index is 763. The number of carbonyl (C=O) groups is 1. The summed E-state index contributed by atoms with van der Waals surface area (Å²) < 4.78 is 18.7. The molecule has 0 aliphatic rings. The fourth-order valence-electron chi connectivity index (χ4n) is 5.83. The number of carboxylic acid groups (broad SMARTS) is 1. The Balaban J connectivity index is 2.65. The normalized spacial score (nSPS) is 11.2. The molecule has 0 bridgehead atoms. The summed E-state index contributed by atoms with van der Waals surface area (Å²) in [5.74, 6) is 0.618. The van der Waals surface area contributed by atoms with Crippen LogP contribution in [0, 0.1) is 0 Å². The highest BCUT2D eigenvalue weighted by Crippen LogP contribution is 2.39. The predicted octanol–water partition coefficient (Wildman–Crippen LogP) is 13.1. The van der Waals surface area contributed by atoms with Gasteiger partial charge in [0.15, 0.2) is 11.5 Å². The standard InChI is InChI=1S/C40H72O5/c1-4-7-10-13-16-19-22-25-28-31-43-37-34-36(40(41)42)35-38(44-32-29-26-23-20-17-14-11-8-5-2)39(37)45-33-30-27-24-21-18-15-12-9-6-3/h34-35H,4-33H2,1-3H3,(H,41,42). The lowest BCUT2D eigenvalue weighted by molar-refractivity contribution is 0.0695. The number of ether oxygens (including phenoxy) is 3. The van der Waals surface area contributed by atoms with Crippen LogP contribution in [0.2, 0.25) is 0 Å². The molecule has 5 heteroatoms. The maximum absolute atomic E-state index is 12.0. The van der Waals surface area contributed by atoms with Gasteiger partial charge in [0.2, 0.25) is 5.75 Å². The van der Waals surface area contributed by atoms with Gasteiger partial charge >= 0.3 is 5.97 Å². The summed E-state index contributed by atoms with van der Waals surface area (Å²) in [6.45, 7) is 8.48. The van der Waals surface area contributed by atoms with Gasteiger partial charge in [-0.3, -0.25) is 0 Å². The van der Waals surface area contributed by atoms with Gasteiger partial charge in [-0.15, -0.1) is 0 Å². The first-order chi connectivity index (χ1) is 22.1.